The van der Waals surface area contributed by atoms with Gasteiger partial charge in [-0.1, -0.05) is 0 Å². The third kappa shape index (κ3) is 2.49. The van der Waals surface area contributed by atoms with E-state index in [0.29, 0.717) is 22.2 Å². The van der Waals surface area contributed by atoms with Crippen molar-refractivity contribution in [3.8, 4) is 11.8 Å². The number of hydrogen-bond donors (Lipinski definition) is 3. The molecule has 5 rings (SSSR count). The first-order valence-corrected chi connectivity index (χ1v) is 8.92. The van der Waals surface area contributed by atoms with Gasteiger partial charge in [-0.3, -0.25) is 4.79 Å². The van der Waals surface area contributed by atoms with Crippen molar-refractivity contribution in [3.05, 3.63) is 71.3 Å². The largest absolute Gasteiger partial charge is 0.383 e. The molecule has 0 bridgehead atoms. The zero-order valence-corrected chi connectivity index (χ0v) is 15.4. The highest BCUT2D eigenvalue weighted by Gasteiger charge is 2.23. The van der Waals surface area contributed by atoms with Gasteiger partial charge in [-0.25, -0.2) is 9.67 Å². The zero-order chi connectivity index (χ0) is 20.1. The maximum atomic E-state index is 13.3. The molecule has 0 saturated carbocycles. The number of anilines is 1. The topological polar surface area (TPSA) is 129 Å². The van der Waals surface area contributed by atoms with Crippen molar-refractivity contribution in [3.63, 3.8) is 0 Å². The Morgan fingerprint density at radius 1 is 1.21 bits per heavy atom. The lowest BCUT2D eigenvalue weighted by Crippen LogP contribution is -2.09. The molecular formula is C21H15N7O. The van der Waals surface area contributed by atoms with Gasteiger partial charge in [-0.15, -0.1) is 0 Å². The van der Waals surface area contributed by atoms with E-state index in [-0.39, 0.29) is 17.2 Å². The second kappa shape index (κ2) is 6.07. The summed E-state index contributed by atoms with van der Waals surface area (Å²) in [4.78, 5) is 23.9. The van der Waals surface area contributed by atoms with Crippen LogP contribution in [0.2, 0.25) is 0 Å². The Morgan fingerprint density at radius 2 is 2.07 bits per heavy atom. The van der Waals surface area contributed by atoms with Crippen LogP contribution in [0.3, 0.4) is 0 Å². The Kier molecular flexibility index (Phi) is 3.51. The Balaban J connectivity index is 1.63. The third-order valence-electron chi connectivity index (χ3n) is 4.96. The number of benzene rings is 2. The molecule has 0 aliphatic heterocycles. The van der Waals surface area contributed by atoms with E-state index in [1.807, 2.05) is 25.1 Å². The van der Waals surface area contributed by atoms with Crippen LogP contribution in [0.5, 0.6) is 0 Å². The molecule has 2 aromatic carbocycles. The number of nitriles is 1. The van der Waals surface area contributed by atoms with E-state index < -0.39 is 0 Å². The molecule has 0 spiro atoms. The summed E-state index contributed by atoms with van der Waals surface area (Å²) in [7, 11) is 0. The van der Waals surface area contributed by atoms with Gasteiger partial charge < -0.3 is 15.7 Å². The summed E-state index contributed by atoms with van der Waals surface area (Å²) in [6.45, 7) is 1.88. The minimum absolute atomic E-state index is 0.210. The highest BCUT2D eigenvalue weighted by Crippen LogP contribution is 2.28. The van der Waals surface area contributed by atoms with Gasteiger partial charge >= 0.3 is 0 Å². The van der Waals surface area contributed by atoms with Crippen LogP contribution in [-0.2, 0) is 0 Å². The van der Waals surface area contributed by atoms with Crippen molar-refractivity contribution in [1.82, 2.24) is 24.7 Å². The van der Waals surface area contributed by atoms with Crippen LogP contribution in [-0.4, -0.2) is 30.5 Å². The van der Waals surface area contributed by atoms with Gasteiger partial charge in [0, 0.05) is 22.7 Å². The predicted molar refractivity (Wildman–Crippen MR) is 109 cm³/mol. The number of fused-ring (bicyclic) bond motifs is 2. The Bertz CT molecular complexity index is 1460. The number of carbonyl (C=O) groups excluding carboxylic acids is 1. The van der Waals surface area contributed by atoms with Gasteiger partial charge in [0.1, 0.15) is 11.6 Å². The van der Waals surface area contributed by atoms with Gasteiger partial charge in [0.05, 0.1) is 40.1 Å². The molecule has 0 aliphatic carbocycles. The molecule has 3 heterocycles. The first-order chi connectivity index (χ1) is 14.1. The molecule has 0 saturated heterocycles. The van der Waals surface area contributed by atoms with Gasteiger partial charge in [-0.05, 0) is 43.3 Å². The number of nitrogens with one attached hydrogen (secondary N) is 2. The third-order valence-corrected chi connectivity index (χ3v) is 4.96. The average molecular weight is 381 g/mol. The number of ketones is 1. The van der Waals surface area contributed by atoms with Crippen molar-refractivity contribution in [2.24, 2.45) is 0 Å². The predicted octanol–water partition coefficient (Wildman–Crippen LogP) is 3.22. The normalized spacial score (nSPS) is 11.2. The lowest BCUT2D eigenvalue weighted by atomic mass is 9.96. The number of hydrogen-bond acceptors (Lipinski definition) is 5. The Labute approximate surface area is 164 Å². The zero-order valence-electron chi connectivity index (χ0n) is 15.4. The molecule has 0 atom stereocenters. The molecule has 0 unspecified atom stereocenters. The van der Waals surface area contributed by atoms with E-state index in [2.05, 4.69) is 26.1 Å². The molecular weight excluding hydrogens is 366 g/mol. The van der Waals surface area contributed by atoms with Crippen molar-refractivity contribution in [1.29, 1.82) is 5.26 Å². The van der Waals surface area contributed by atoms with Crippen molar-refractivity contribution in [2.45, 2.75) is 6.92 Å². The van der Waals surface area contributed by atoms with Gasteiger partial charge in [0.2, 0.25) is 0 Å². The molecule has 5 aromatic rings. The SMILES string of the molecule is Cc1nc2ccc(-n3ncc(C(=O)c4c(C#N)ccc5[nH]ccc45)c3N)cc2[nH]1. The van der Waals surface area contributed by atoms with Crippen molar-refractivity contribution in [2.75, 3.05) is 5.73 Å². The molecule has 0 amide bonds. The number of nitrogens with zero attached hydrogens (tertiary/aromatic N) is 4. The lowest BCUT2D eigenvalue weighted by Gasteiger charge is -2.07. The number of nitrogens with two attached hydrogens (primary N) is 1. The second-order valence-corrected chi connectivity index (χ2v) is 6.75. The molecule has 3 aromatic heterocycles. The van der Waals surface area contributed by atoms with E-state index in [0.717, 1.165) is 22.4 Å². The number of nitrogen functional groups attached to an aromatic ring is 1. The smallest absolute Gasteiger partial charge is 0.200 e. The van der Waals surface area contributed by atoms with Gasteiger partial charge in [0.25, 0.3) is 0 Å². The van der Waals surface area contributed by atoms with E-state index in [1.54, 1.807) is 24.4 Å². The highest BCUT2D eigenvalue weighted by molar-refractivity contribution is 6.19. The molecule has 0 radical (unpaired) electrons. The van der Waals surface area contributed by atoms with E-state index in [9.17, 15) is 10.1 Å². The van der Waals surface area contributed by atoms with Gasteiger partial charge in [0.15, 0.2) is 5.78 Å². The van der Waals surface area contributed by atoms with Crippen LogP contribution in [0.1, 0.15) is 27.3 Å². The fourth-order valence-corrected chi connectivity index (χ4v) is 3.60. The summed E-state index contributed by atoms with van der Waals surface area (Å²) in [5.41, 5.74) is 10.3. The first-order valence-electron chi connectivity index (χ1n) is 8.92. The molecule has 0 aliphatic rings. The number of carbonyl (C=O) groups is 1. The minimum atomic E-state index is -0.339. The number of imidazole rings is 1. The summed E-state index contributed by atoms with van der Waals surface area (Å²) < 4.78 is 1.51. The van der Waals surface area contributed by atoms with Crippen LogP contribution >= 0.6 is 0 Å². The molecule has 0 fully saturated rings. The maximum Gasteiger partial charge on any atom is 0.200 e. The fourth-order valence-electron chi connectivity index (χ4n) is 3.60. The average Bonchev–Trinajstić information content (AvgIpc) is 3.43. The lowest BCUT2D eigenvalue weighted by molar-refractivity contribution is 0.104. The first kappa shape index (κ1) is 16.8. The Hall–Kier alpha value is -4.38. The number of rotatable bonds is 3. The monoisotopic (exact) mass is 381 g/mol. The summed E-state index contributed by atoms with van der Waals surface area (Å²) in [6.07, 6.45) is 3.17. The number of H-pyrrole nitrogens is 2. The molecule has 8 heteroatoms. The molecule has 8 nitrogen and oxygen atoms in total. The van der Waals surface area contributed by atoms with E-state index in [4.69, 9.17) is 5.73 Å². The maximum absolute atomic E-state index is 13.3. The quantitative estimate of drug-likeness (QED) is 0.413. The van der Waals surface area contributed by atoms with Crippen LogP contribution in [0.4, 0.5) is 5.82 Å². The van der Waals surface area contributed by atoms with Crippen LogP contribution in [0.15, 0.2) is 48.8 Å². The summed E-state index contributed by atoms with van der Waals surface area (Å²) in [6, 6.07) is 12.9. The van der Waals surface area contributed by atoms with Crippen LogP contribution < -0.4 is 5.73 Å². The van der Waals surface area contributed by atoms with Crippen molar-refractivity contribution >= 4 is 33.5 Å². The number of aryl methyl sites for hydroxylation is 1. The summed E-state index contributed by atoms with van der Waals surface area (Å²) in [5.74, 6) is 0.682. The van der Waals surface area contributed by atoms with Crippen LogP contribution in [0.25, 0.3) is 27.6 Å². The fraction of sp³-hybridized carbons (Fsp3) is 0.0476. The summed E-state index contributed by atoms with van der Waals surface area (Å²) >= 11 is 0. The second-order valence-electron chi connectivity index (χ2n) is 6.75. The molecule has 29 heavy (non-hydrogen) atoms. The highest BCUT2D eigenvalue weighted by atomic mass is 16.1. The Morgan fingerprint density at radius 3 is 2.90 bits per heavy atom. The molecule has 140 valence electrons. The van der Waals surface area contributed by atoms with Crippen LogP contribution in [0, 0.1) is 18.3 Å². The minimum Gasteiger partial charge on any atom is -0.383 e. The molecule has 4 N–H and O–H groups in total. The number of aromatic nitrogens is 5. The van der Waals surface area contributed by atoms with Crippen molar-refractivity contribution < 1.29 is 4.79 Å². The number of aromatic amines is 2. The summed E-state index contributed by atoms with van der Waals surface area (Å²) in [5, 5.41) is 14.5. The van der Waals surface area contributed by atoms with Gasteiger partial charge in [-0.2, -0.15) is 10.4 Å². The van der Waals surface area contributed by atoms with E-state index in [1.165, 1.54) is 10.9 Å². The van der Waals surface area contributed by atoms with E-state index >= 15 is 0 Å². The standard InChI is InChI=1S/C21H15N7O/c1-11-26-17-5-3-13(8-18(17)27-11)28-21(23)15(10-25-28)20(29)19-12(9-22)2-4-16-14(19)6-7-24-16/h2-8,10,24H,23H2,1H3,(H,26,27).